The largest absolute Gasteiger partial charge is 0.349 e. The number of ketones is 2. The minimum Gasteiger partial charge on any atom is -0.349 e. The van der Waals surface area contributed by atoms with Gasteiger partial charge >= 0.3 is 0 Å². The highest BCUT2D eigenvalue weighted by Gasteiger charge is 2.37. The number of hydrogen-bond donors (Lipinski definition) is 2. The number of Topliss-reactive ketones (excluding diaryl/α,β-unsaturated/α-hetero) is 2. The number of nitrogens with one attached hydrogen (secondary N) is 2. The SMILES string of the molecule is O=C(CNC(=O)CCC(=O)C1CCCN1C(=O)[C@H]1CCCN1)Cc1ccccc1. The van der Waals surface area contributed by atoms with Crippen molar-refractivity contribution in [3.05, 3.63) is 35.9 Å². The third-order valence-electron chi connectivity index (χ3n) is 5.59. The standard InChI is InChI=1S/C22H29N3O4/c26-17(14-16-6-2-1-3-7-16)15-24-21(28)11-10-20(27)19-9-5-13-25(19)22(29)18-8-4-12-23-18/h1-3,6-7,18-19,23H,4-5,8-15H2,(H,24,28)/t18-,19?/m1/s1. The van der Waals surface area contributed by atoms with Crippen LogP contribution in [-0.4, -0.2) is 60.0 Å². The summed E-state index contributed by atoms with van der Waals surface area (Å²) in [5, 5.41) is 5.79. The van der Waals surface area contributed by atoms with Crippen LogP contribution in [0.4, 0.5) is 0 Å². The summed E-state index contributed by atoms with van der Waals surface area (Å²) in [6, 6.07) is 8.76. The summed E-state index contributed by atoms with van der Waals surface area (Å²) >= 11 is 0. The Morgan fingerprint density at radius 1 is 1.03 bits per heavy atom. The van der Waals surface area contributed by atoms with Gasteiger partial charge in [0.2, 0.25) is 11.8 Å². The molecule has 0 aromatic heterocycles. The molecule has 2 heterocycles. The smallest absolute Gasteiger partial charge is 0.240 e. The van der Waals surface area contributed by atoms with E-state index in [0.29, 0.717) is 13.0 Å². The summed E-state index contributed by atoms with van der Waals surface area (Å²) in [6.07, 6.45) is 3.67. The lowest BCUT2D eigenvalue weighted by Gasteiger charge is -2.26. The molecule has 2 amide bonds. The van der Waals surface area contributed by atoms with Crippen molar-refractivity contribution >= 4 is 23.4 Å². The number of carbonyl (C=O) groups is 4. The van der Waals surface area contributed by atoms with Crippen molar-refractivity contribution in [3.63, 3.8) is 0 Å². The topological polar surface area (TPSA) is 95.6 Å². The summed E-state index contributed by atoms with van der Waals surface area (Å²) in [5.41, 5.74) is 0.907. The van der Waals surface area contributed by atoms with Gasteiger partial charge in [0.15, 0.2) is 11.6 Å². The van der Waals surface area contributed by atoms with Gasteiger partial charge in [-0.15, -0.1) is 0 Å². The number of rotatable bonds is 9. The van der Waals surface area contributed by atoms with Gasteiger partial charge in [0.25, 0.3) is 0 Å². The highest BCUT2D eigenvalue weighted by Crippen LogP contribution is 2.22. The third kappa shape index (κ3) is 5.97. The molecule has 0 bridgehead atoms. The summed E-state index contributed by atoms with van der Waals surface area (Å²) in [5.74, 6) is -0.450. The molecule has 2 atom stereocenters. The van der Waals surface area contributed by atoms with Crippen LogP contribution >= 0.6 is 0 Å². The Bertz CT molecular complexity index is 744. The molecule has 1 aromatic rings. The molecule has 0 aliphatic carbocycles. The average Bonchev–Trinajstić information content (AvgIpc) is 3.43. The van der Waals surface area contributed by atoms with E-state index in [2.05, 4.69) is 10.6 Å². The minimum absolute atomic E-state index is 0.00862. The van der Waals surface area contributed by atoms with E-state index < -0.39 is 6.04 Å². The molecule has 156 valence electrons. The minimum atomic E-state index is -0.419. The summed E-state index contributed by atoms with van der Waals surface area (Å²) in [4.78, 5) is 50.9. The van der Waals surface area contributed by atoms with Crippen LogP contribution < -0.4 is 10.6 Å². The Kier molecular flexibility index (Phi) is 7.52. The summed E-state index contributed by atoms with van der Waals surface area (Å²) in [6.45, 7) is 1.41. The number of likely N-dealkylation sites (tertiary alicyclic amines) is 1. The summed E-state index contributed by atoms with van der Waals surface area (Å²) < 4.78 is 0. The molecule has 7 heteroatoms. The number of benzene rings is 1. The van der Waals surface area contributed by atoms with Crippen molar-refractivity contribution in [1.82, 2.24) is 15.5 Å². The van der Waals surface area contributed by atoms with E-state index in [1.165, 1.54) is 0 Å². The van der Waals surface area contributed by atoms with Gasteiger partial charge < -0.3 is 15.5 Å². The van der Waals surface area contributed by atoms with E-state index in [4.69, 9.17) is 0 Å². The molecule has 2 aliphatic heterocycles. The van der Waals surface area contributed by atoms with E-state index in [9.17, 15) is 19.2 Å². The van der Waals surface area contributed by atoms with Crippen LogP contribution in [-0.2, 0) is 25.6 Å². The molecule has 2 aliphatic rings. The molecule has 29 heavy (non-hydrogen) atoms. The predicted molar refractivity (Wildman–Crippen MR) is 108 cm³/mol. The van der Waals surface area contributed by atoms with Gasteiger partial charge in [-0.05, 0) is 37.8 Å². The second-order valence-corrected chi connectivity index (χ2v) is 7.78. The first-order chi connectivity index (χ1) is 14.0. The van der Waals surface area contributed by atoms with Gasteiger partial charge in [-0.2, -0.15) is 0 Å². The fraction of sp³-hybridized carbons (Fsp3) is 0.545. The van der Waals surface area contributed by atoms with Crippen LogP contribution in [0, 0.1) is 0 Å². The Morgan fingerprint density at radius 2 is 1.83 bits per heavy atom. The maximum atomic E-state index is 12.6. The van der Waals surface area contributed by atoms with Gasteiger partial charge in [0, 0.05) is 25.8 Å². The molecular weight excluding hydrogens is 370 g/mol. The van der Waals surface area contributed by atoms with Gasteiger partial charge in [0.1, 0.15) is 0 Å². The van der Waals surface area contributed by atoms with Crippen LogP contribution in [0.5, 0.6) is 0 Å². The molecule has 2 saturated heterocycles. The van der Waals surface area contributed by atoms with Crippen LogP contribution in [0.1, 0.15) is 44.1 Å². The Balaban J connectivity index is 1.39. The average molecular weight is 399 g/mol. The zero-order valence-electron chi connectivity index (χ0n) is 16.7. The molecule has 0 saturated carbocycles. The number of nitrogens with zero attached hydrogens (tertiary/aromatic N) is 1. The van der Waals surface area contributed by atoms with E-state index in [1.807, 2.05) is 30.3 Å². The lowest BCUT2D eigenvalue weighted by Crippen LogP contribution is -2.48. The molecule has 2 N–H and O–H groups in total. The highest BCUT2D eigenvalue weighted by molar-refractivity contribution is 5.94. The fourth-order valence-corrected chi connectivity index (χ4v) is 4.04. The van der Waals surface area contributed by atoms with Gasteiger partial charge in [-0.25, -0.2) is 0 Å². The highest BCUT2D eigenvalue weighted by atomic mass is 16.2. The first-order valence-corrected chi connectivity index (χ1v) is 10.4. The number of carbonyl (C=O) groups excluding carboxylic acids is 4. The van der Waals surface area contributed by atoms with Crippen LogP contribution in [0.2, 0.25) is 0 Å². The maximum absolute atomic E-state index is 12.6. The van der Waals surface area contributed by atoms with Gasteiger partial charge in [-0.3, -0.25) is 19.2 Å². The Hall–Kier alpha value is -2.54. The van der Waals surface area contributed by atoms with E-state index in [1.54, 1.807) is 4.90 Å². The molecule has 3 rings (SSSR count). The lowest BCUT2D eigenvalue weighted by atomic mass is 10.0. The quantitative estimate of drug-likeness (QED) is 0.646. The predicted octanol–water partition coefficient (Wildman–Crippen LogP) is 1.01. The monoisotopic (exact) mass is 399 g/mol. The normalized spacial score (nSPS) is 21.2. The number of hydrogen-bond acceptors (Lipinski definition) is 5. The second-order valence-electron chi connectivity index (χ2n) is 7.78. The second kappa shape index (κ2) is 10.3. The van der Waals surface area contributed by atoms with Gasteiger partial charge in [0.05, 0.1) is 18.6 Å². The van der Waals surface area contributed by atoms with Crippen molar-refractivity contribution in [2.24, 2.45) is 0 Å². The zero-order chi connectivity index (χ0) is 20.6. The number of amides is 2. The Morgan fingerprint density at radius 3 is 2.55 bits per heavy atom. The Labute approximate surface area is 171 Å². The maximum Gasteiger partial charge on any atom is 0.240 e. The van der Waals surface area contributed by atoms with E-state index in [0.717, 1.165) is 31.4 Å². The molecular formula is C22H29N3O4. The fourth-order valence-electron chi connectivity index (χ4n) is 4.04. The first-order valence-electron chi connectivity index (χ1n) is 10.4. The van der Waals surface area contributed by atoms with Crippen LogP contribution in [0.15, 0.2) is 30.3 Å². The molecule has 2 fully saturated rings. The van der Waals surface area contributed by atoms with Crippen LogP contribution in [0.3, 0.4) is 0 Å². The van der Waals surface area contributed by atoms with Crippen molar-refractivity contribution < 1.29 is 19.2 Å². The van der Waals surface area contributed by atoms with E-state index >= 15 is 0 Å². The molecule has 1 unspecified atom stereocenters. The van der Waals surface area contributed by atoms with Crippen molar-refractivity contribution in [1.29, 1.82) is 0 Å². The van der Waals surface area contributed by atoms with Crippen LogP contribution in [0.25, 0.3) is 0 Å². The van der Waals surface area contributed by atoms with E-state index in [-0.39, 0.29) is 55.2 Å². The third-order valence-corrected chi connectivity index (χ3v) is 5.59. The van der Waals surface area contributed by atoms with Crippen molar-refractivity contribution in [2.45, 2.75) is 57.0 Å². The molecule has 0 radical (unpaired) electrons. The summed E-state index contributed by atoms with van der Waals surface area (Å²) in [7, 11) is 0. The zero-order valence-corrected chi connectivity index (χ0v) is 16.7. The molecule has 0 spiro atoms. The van der Waals surface area contributed by atoms with Gasteiger partial charge in [-0.1, -0.05) is 30.3 Å². The first kappa shape index (κ1) is 21.2. The van der Waals surface area contributed by atoms with Crippen molar-refractivity contribution in [3.8, 4) is 0 Å². The van der Waals surface area contributed by atoms with Crippen molar-refractivity contribution in [2.75, 3.05) is 19.6 Å². The lowest BCUT2D eigenvalue weighted by molar-refractivity contribution is -0.139. The molecule has 7 nitrogen and oxygen atoms in total. The molecule has 1 aromatic carbocycles.